The van der Waals surface area contributed by atoms with Gasteiger partial charge in [0.05, 0.1) is 7.11 Å². The van der Waals surface area contributed by atoms with Gasteiger partial charge in [-0.3, -0.25) is 0 Å². The number of aromatic hydroxyl groups is 1. The maximum Gasteiger partial charge on any atom is 0.120 e. The molecule has 5 rings (SSSR count). The van der Waals surface area contributed by atoms with Gasteiger partial charge in [0.25, 0.3) is 0 Å². The number of hydrogen-bond donors (Lipinski definition) is 2. The van der Waals surface area contributed by atoms with Crippen molar-refractivity contribution in [3.05, 3.63) is 59.2 Å². The predicted molar refractivity (Wildman–Crippen MR) is 116 cm³/mol. The standard InChI is InChI=1S/C26H33NO2/c1-26-12-11-22-21-10-8-20(29-2)13-17(21)7-9-23(22)24(26)14-19(15-26)27-16-18-5-3-4-6-25(18)28/h3-6,8,10,13,19,22-24,27-28H,7,9,11-12,14-16H2,1-2H3. The van der Waals surface area contributed by atoms with E-state index in [1.165, 1.54) is 44.1 Å². The molecule has 3 heteroatoms. The number of benzene rings is 2. The third kappa shape index (κ3) is 3.34. The van der Waals surface area contributed by atoms with Gasteiger partial charge in [-0.2, -0.15) is 0 Å². The Bertz CT molecular complexity index is 894. The number of phenolic OH excluding ortho intramolecular Hbond substituents is 1. The van der Waals surface area contributed by atoms with E-state index in [-0.39, 0.29) is 0 Å². The maximum absolute atomic E-state index is 10.1. The van der Waals surface area contributed by atoms with Gasteiger partial charge in [0, 0.05) is 18.2 Å². The molecule has 3 aliphatic carbocycles. The Morgan fingerprint density at radius 2 is 2.03 bits per heavy atom. The highest BCUT2D eigenvalue weighted by Crippen LogP contribution is 2.61. The molecule has 29 heavy (non-hydrogen) atoms. The van der Waals surface area contributed by atoms with Crippen LogP contribution >= 0.6 is 0 Å². The van der Waals surface area contributed by atoms with Gasteiger partial charge in [0.15, 0.2) is 0 Å². The molecule has 154 valence electrons. The van der Waals surface area contributed by atoms with Crippen molar-refractivity contribution in [3.63, 3.8) is 0 Å². The van der Waals surface area contributed by atoms with E-state index in [0.717, 1.165) is 35.6 Å². The second-order valence-corrected chi connectivity index (χ2v) is 9.82. The molecular formula is C26H33NO2. The molecule has 2 aromatic carbocycles. The molecule has 3 nitrogen and oxygen atoms in total. The minimum Gasteiger partial charge on any atom is -0.508 e. The fourth-order valence-electron chi connectivity index (χ4n) is 6.82. The molecule has 2 aromatic rings. The summed E-state index contributed by atoms with van der Waals surface area (Å²) in [5.41, 5.74) is 4.57. The van der Waals surface area contributed by atoms with Gasteiger partial charge in [-0.15, -0.1) is 0 Å². The molecule has 5 atom stereocenters. The smallest absolute Gasteiger partial charge is 0.120 e. The topological polar surface area (TPSA) is 41.5 Å². The van der Waals surface area contributed by atoms with Gasteiger partial charge >= 0.3 is 0 Å². The molecule has 2 N–H and O–H groups in total. The first-order chi connectivity index (χ1) is 14.1. The van der Waals surface area contributed by atoms with Gasteiger partial charge < -0.3 is 15.2 Å². The lowest BCUT2D eigenvalue weighted by Gasteiger charge is -2.49. The van der Waals surface area contributed by atoms with Gasteiger partial charge in [-0.25, -0.2) is 0 Å². The summed E-state index contributed by atoms with van der Waals surface area (Å²) in [4.78, 5) is 0. The zero-order chi connectivity index (χ0) is 20.0. The second kappa shape index (κ2) is 7.36. The number of methoxy groups -OCH3 is 1. The van der Waals surface area contributed by atoms with Crippen LogP contribution in [0, 0.1) is 17.3 Å². The van der Waals surface area contributed by atoms with Crippen molar-refractivity contribution in [2.75, 3.05) is 7.11 Å². The maximum atomic E-state index is 10.1. The van der Waals surface area contributed by atoms with Crippen LogP contribution in [-0.2, 0) is 13.0 Å². The lowest BCUT2D eigenvalue weighted by atomic mass is 9.56. The summed E-state index contributed by atoms with van der Waals surface area (Å²) in [6.07, 6.45) is 7.70. The highest BCUT2D eigenvalue weighted by molar-refractivity contribution is 5.40. The van der Waals surface area contributed by atoms with Crippen LogP contribution in [0.25, 0.3) is 0 Å². The van der Waals surface area contributed by atoms with Crippen molar-refractivity contribution in [2.24, 2.45) is 17.3 Å². The minimum atomic E-state index is 0.404. The molecule has 3 aliphatic rings. The molecule has 2 saturated carbocycles. The SMILES string of the molecule is COc1ccc2c(c1)CCC1C2CCC2(C)CC(NCc3ccccc3O)CC12. The van der Waals surface area contributed by atoms with Crippen molar-refractivity contribution in [2.45, 2.75) is 64.0 Å². The van der Waals surface area contributed by atoms with Gasteiger partial charge in [-0.05, 0) is 91.0 Å². The molecule has 0 radical (unpaired) electrons. The largest absolute Gasteiger partial charge is 0.508 e. The van der Waals surface area contributed by atoms with Crippen LogP contribution in [0.5, 0.6) is 11.5 Å². The van der Waals surface area contributed by atoms with E-state index in [4.69, 9.17) is 4.74 Å². The zero-order valence-corrected chi connectivity index (χ0v) is 17.7. The van der Waals surface area contributed by atoms with E-state index in [1.54, 1.807) is 18.7 Å². The van der Waals surface area contributed by atoms with Crippen LogP contribution in [-0.4, -0.2) is 18.3 Å². The number of para-hydroxylation sites is 1. The van der Waals surface area contributed by atoms with Crippen molar-refractivity contribution in [1.82, 2.24) is 5.32 Å². The number of nitrogens with one attached hydrogen (secondary N) is 1. The molecule has 0 aliphatic heterocycles. The number of ether oxygens (including phenoxy) is 1. The summed E-state index contributed by atoms with van der Waals surface area (Å²) in [7, 11) is 1.76. The average molecular weight is 392 g/mol. The predicted octanol–water partition coefficient (Wildman–Crippen LogP) is 5.42. The number of rotatable bonds is 4. The summed E-state index contributed by atoms with van der Waals surface area (Å²) < 4.78 is 5.46. The lowest BCUT2D eigenvalue weighted by Crippen LogP contribution is -2.39. The molecular weight excluding hydrogens is 358 g/mol. The van der Waals surface area contributed by atoms with Gasteiger partial charge in [0.1, 0.15) is 11.5 Å². The molecule has 0 spiro atoms. The number of aryl methyl sites for hydroxylation is 1. The Morgan fingerprint density at radius 3 is 2.86 bits per heavy atom. The van der Waals surface area contributed by atoms with Crippen molar-refractivity contribution in [1.29, 1.82) is 0 Å². The summed E-state index contributed by atoms with van der Waals surface area (Å²) in [6, 6.07) is 15.0. The molecule has 0 bridgehead atoms. The van der Waals surface area contributed by atoms with Crippen LogP contribution in [0.15, 0.2) is 42.5 Å². The van der Waals surface area contributed by atoms with Crippen LogP contribution in [0.4, 0.5) is 0 Å². The first kappa shape index (κ1) is 19.0. The summed E-state index contributed by atoms with van der Waals surface area (Å²) in [6.45, 7) is 3.30. The Labute approximate surface area is 174 Å². The van der Waals surface area contributed by atoms with Crippen molar-refractivity contribution < 1.29 is 9.84 Å². The normalized spacial score (nSPS) is 32.9. The molecule has 5 unspecified atom stereocenters. The van der Waals surface area contributed by atoms with Crippen LogP contribution in [0.2, 0.25) is 0 Å². The molecule has 0 heterocycles. The van der Waals surface area contributed by atoms with Crippen molar-refractivity contribution >= 4 is 0 Å². The average Bonchev–Trinajstić information content (AvgIpc) is 3.09. The summed E-state index contributed by atoms with van der Waals surface area (Å²) >= 11 is 0. The quantitative estimate of drug-likeness (QED) is 0.732. The van der Waals surface area contributed by atoms with E-state index >= 15 is 0 Å². The van der Waals surface area contributed by atoms with E-state index in [2.05, 4.69) is 30.4 Å². The summed E-state index contributed by atoms with van der Waals surface area (Å²) in [5.74, 6) is 3.74. The second-order valence-electron chi connectivity index (χ2n) is 9.82. The van der Waals surface area contributed by atoms with Crippen molar-refractivity contribution in [3.8, 4) is 11.5 Å². The summed E-state index contributed by atoms with van der Waals surface area (Å²) in [5, 5.41) is 13.9. The van der Waals surface area contributed by atoms with E-state index in [0.29, 0.717) is 17.2 Å². The number of fused-ring (bicyclic) bond motifs is 5. The Hall–Kier alpha value is -2.00. The van der Waals surface area contributed by atoms with E-state index in [1.807, 2.05) is 18.2 Å². The molecule has 2 fully saturated rings. The highest BCUT2D eigenvalue weighted by Gasteiger charge is 2.52. The highest BCUT2D eigenvalue weighted by atomic mass is 16.5. The fraction of sp³-hybridized carbons (Fsp3) is 0.538. The monoisotopic (exact) mass is 391 g/mol. The van der Waals surface area contributed by atoms with Crippen LogP contribution in [0.3, 0.4) is 0 Å². The zero-order valence-electron chi connectivity index (χ0n) is 17.7. The lowest BCUT2D eigenvalue weighted by molar-refractivity contribution is 0.0598. The van der Waals surface area contributed by atoms with E-state index in [9.17, 15) is 5.11 Å². The molecule has 0 aromatic heterocycles. The van der Waals surface area contributed by atoms with E-state index < -0.39 is 0 Å². The Balaban J connectivity index is 1.31. The molecule has 0 amide bonds. The van der Waals surface area contributed by atoms with Gasteiger partial charge in [-0.1, -0.05) is 31.2 Å². The fourth-order valence-corrected chi connectivity index (χ4v) is 6.82. The number of hydrogen-bond acceptors (Lipinski definition) is 3. The van der Waals surface area contributed by atoms with Crippen LogP contribution in [0.1, 0.15) is 61.6 Å². The first-order valence-electron chi connectivity index (χ1n) is 11.2. The first-order valence-corrected chi connectivity index (χ1v) is 11.2. The third-order valence-corrected chi connectivity index (χ3v) is 8.28. The Morgan fingerprint density at radius 1 is 1.17 bits per heavy atom. The minimum absolute atomic E-state index is 0.404. The van der Waals surface area contributed by atoms with Crippen LogP contribution < -0.4 is 10.1 Å². The Kier molecular flexibility index (Phi) is 4.82. The third-order valence-electron chi connectivity index (χ3n) is 8.28. The molecule has 0 saturated heterocycles. The van der Waals surface area contributed by atoms with Gasteiger partial charge in [0.2, 0.25) is 0 Å². The number of phenols is 1.